The molecular formula is C17H28FN3O3. The number of likely N-dealkylation sites (N-methyl/N-ethyl adjacent to an activating group) is 1. The van der Waals surface area contributed by atoms with Gasteiger partial charge in [0.25, 0.3) is 0 Å². The maximum atomic E-state index is 13.5. The van der Waals surface area contributed by atoms with Gasteiger partial charge >= 0.3 is 6.09 Å². The summed E-state index contributed by atoms with van der Waals surface area (Å²) in [5, 5.41) is 6.34. The molecule has 0 bridgehead atoms. The molecule has 7 heteroatoms. The molecule has 0 spiro atoms. The molecule has 5 atom stereocenters. The number of carbonyl (C=O) groups is 2. The number of piperidine rings is 1. The summed E-state index contributed by atoms with van der Waals surface area (Å²) in [6.45, 7) is 0.969. The molecule has 2 aliphatic heterocycles. The minimum Gasteiger partial charge on any atom is -0.447 e. The van der Waals surface area contributed by atoms with Crippen molar-refractivity contribution in [2.24, 2.45) is 11.8 Å². The van der Waals surface area contributed by atoms with Gasteiger partial charge < -0.3 is 10.1 Å². The zero-order valence-corrected chi connectivity index (χ0v) is 14.3. The number of cyclic esters (lactones) is 1. The van der Waals surface area contributed by atoms with E-state index < -0.39 is 18.3 Å². The highest BCUT2D eigenvalue weighted by atomic mass is 19.1. The number of halogens is 1. The SMILES string of the molecule is CN1C(=O)OCC1C(=O)NC1CCC(CC2CCCC(F)C2)CN1. The van der Waals surface area contributed by atoms with E-state index in [0.29, 0.717) is 11.8 Å². The van der Waals surface area contributed by atoms with Crippen molar-refractivity contribution in [2.45, 2.75) is 63.3 Å². The molecule has 2 saturated heterocycles. The second-order valence-electron chi connectivity index (χ2n) is 7.48. The number of hydrogen-bond acceptors (Lipinski definition) is 4. The molecule has 2 heterocycles. The molecule has 2 N–H and O–H groups in total. The van der Waals surface area contributed by atoms with Crippen molar-refractivity contribution in [3.05, 3.63) is 0 Å². The maximum absolute atomic E-state index is 13.5. The molecule has 3 aliphatic rings. The van der Waals surface area contributed by atoms with Gasteiger partial charge in [0, 0.05) is 7.05 Å². The van der Waals surface area contributed by atoms with Crippen LogP contribution in [-0.2, 0) is 9.53 Å². The average molecular weight is 341 g/mol. The van der Waals surface area contributed by atoms with E-state index in [1.807, 2.05) is 0 Å². The van der Waals surface area contributed by atoms with Crippen LogP contribution in [0.2, 0.25) is 0 Å². The van der Waals surface area contributed by atoms with E-state index in [-0.39, 0.29) is 18.7 Å². The first-order valence-corrected chi connectivity index (χ1v) is 9.10. The summed E-state index contributed by atoms with van der Waals surface area (Å²) < 4.78 is 18.4. The predicted molar refractivity (Wildman–Crippen MR) is 87.0 cm³/mol. The third-order valence-corrected chi connectivity index (χ3v) is 5.64. The van der Waals surface area contributed by atoms with Crippen LogP contribution in [0.1, 0.15) is 44.9 Å². The van der Waals surface area contributed by atoms with E-state index in [9.17, 15) is 14.0 Å². The fourth-order valence-corrected chi connectivity index (χ4v) is 4.16. The molecule has 24 heavy (non-hydrogen) atoms. The Kier molecular flexibility index (Phi) is 5.58. The van der Waals surface area contributed by atoms with Crippen LogP contribution in [0, 0.1) is 11.8 Å². The number of rotatable bonds is 4. The van der Waals surface area contributed by atoms with Gasteiger partial charge in [-0.2, -0.15) is 0 Å². The van der Waals surface area contributed by atoms with Crippen molar-refractivity contribution in [3.8, 4) is 0 Å². The lowest BCUT2D eigenvalue weighted by atomic mass is 9.80. The van der Waals surface area contributed by atoms with E-state index >= 15 is 0 Å². The summed E-state index contributed by atoms with van der Waals surface area (Å²) in [7, 11) is 1.58. The van der Waals surface area contributed by atoms with Gasteiger partial charge in [-0.1, -0.05) is 12.8 Å². The Balaban J connectivity index is 1.39. The zero-order chi connectivity index (χ0) is 17.1. The second kappa shape index (κ2) is 7.68. The van der Waals surface area contributed by atoms with E-state index in [4.69, 9.17) is 4.74 Å². The van der Waals surface area contributed by atoms with E-state index in [1.54, 1.807) is 7.05 Å². The van der Waals surface area contributed by atoms with E-state index in [2.05, 4.69) is 10.6 Å². The third kappa shape index (κ3) is 4.18. The first-order valence-electron chi connectivity index (χ1n) is 9.10. The van der Waals surface area contributed by atoms with Crippen molar-refractivity contribution in [1.29, 1.82) is 0 Å². The lowest BCUT2D eigenvalue weighted by Crippen LogP contribution is -2.55. The first kappa shape index (κ1) is 17.5. The standard InChI is InChI=1S/C17H28FN3O3/c1-21-14(10-24-17(21)23)16(22)20-15-6-5-12(9-19-15)7-11-3-2-4-13(18)8-11/h11-15,19H,2-10H2,1H3,(H,20,22). The minimum atomic E-state index is -0.610. The Morgan fingerprint density at radius 1 is 1.33 bits per heavy atom. The molecule has 0 radical (unpaired) electrons. The van der Waals surface area contributed by atoms with Gasteiger partial charge in [-0.25, -0.2) is 9.18 Å². The molecule has 0 aromatic heterocycles. The van der Waals surface area contributed by atoms with Gasteiger partial charge in [0.15, 0.2) is 0 Å². The fourth-order valence-electron chi connectivity index (χ4n) is 4.16. The van der Waals surface area contributed by atoms with Crippen LogP contribution >= 0.6 is 0 Å². The van der Waals surface area contributed by atoms with Gasteiger partial charge in [-0.3, -0.25) is 15.0 Å². The summed E-state index contributed by atoms with van der Waals surface area (Å²) in [5.74, 6) is 0.904. The molecular weight excluding hydrogens is 313 g/mol. The van der Waals surface area contributed by atoms with Crippen LogP contribution in [0.5, 0.6) is 0 Å². The Morgan fingerprint density at radius 2 is 2.17 bits per heavy atom. The van der Waals surface area contributed by atoms with Crippen molar-refractivity contribution in [1.82, 2.24) is 15.5 Å². The number of nitrogens with one attached hydrogen (secondary N) is 2. The number of hydrogen-bond donors (Lipinski definition) is 2. The second-order valence-corrected chi connectivity index (χ2v) is 7.48. The molecule has 0 aromatic rings. The highest BCUT2D eigenvalue weighted by molar-refractivity contribution is 5.87. The Hall–Kier alpha value is -1.37. The smallest absolute Gasteiger partial charge is 0.410 e. The van der Waals surface area contributed by atoms with Crippen molar-refractivity contribution in [2.75, 3.05) is 20.2 Å². The van der Waals surface area contributed by atoms with Gasteiger partial charge in [0.05, 0.1) is 6.17 Å². The van der Waals surface area contributed by atoms with Crippen molar-refractivity contribution in [3.63, 3.8) is 0 Å². The van der Waals surface area contributed by atoms with Crippen LogP contribution in [0.3, 0.4) is 0 Å². The summed E-state index contributed by atoms with van der Waals surface area (Å²) in [5.41, 5.74) is 0. The Bertz CT molecular complexity index is 468. The molecule has 5 unspecified atom stereocenters. The van der Waals surface area contributed by atoms with Crippen LogP contribution in [-0.4, -0.2) is 55.5 Å². The molecule has 3 fully saturated rings. The first-order chi connectivity index (χ1) is 11.5. The monoisotopic (exact) mass is 341 g/mol. The third-order valence-electron chi connectivity index (χ3n) is 5.64. The number of alkyl halides is 1. The summed E-state index contributed by atoms with van der Waals surface area (Å²) in [4.78, 5) is 24.9. The Labute approximate surface area is 142 Å². The van der Waals surface area contributed by atoms with E-state index in [0.717, 1.165) is 51.5 Å². The highest BCUT2D eigenvalue weighted by Gasteiger charge is 2.36. The molecule has 0 aromatic carbocycles. The van der Waals surface area contributed by atoms with Crippen molar-refractivity contribution < 1.29 is 18.7 Å². The molecule has 1 saturated carbocycles. The number of ether oxygens (including phenoxy) is 1. The summed E-state index contributed by atoms with van der Waals surface area (Å²) in [6.07, 6.45) is 5.49. The van der Waals surface area contributed by atoms with Gasteiger partial charge in [-0.15, -0.1) is 0 Å². The molecule has 2 amide bonds. The average Bonchev–Trinajstić information content (AvgIpc) is 2.89. The molecule has 136 valence electrons. The lowest BCUT2D eigenvalue weighted by molar-refractivity contribution is -0.125. The largest absolute Gasteiger partial charge is 0.447 e. The van der Waals surface area contributed by atoms with Crippen LogP contribution < -0.4 is 10.6 Å². The molecule has 3 rings (SSSR count). The predicted octanol–water partition coefficient (Wildman–Crippen LogP) is 1.80. The van der Waals surface area contributed by atoms with Gasteiger partial charge in [-0.05, 0) is 50.5 Å². The van der Waals surface area contributed by atoms with Crippen LogP contribution in [0.25, 0.3) is 0 Å². The maximum Gasteiger partial charge on any atom is 0.410 e. The zero-order valence-electron chi connectivity index (χ0n) is 14.3. The van der Waals surface area contributed by atoms with E-state index in [1.165, 1.54) is 4.90 Å². The number of carbonyl (C=O) groups excluding carboxylic acids is 2. The topological polar surface area (TPSA) is 70.7 Å². The highest BCUT2D eigenvalue weighted by Crippen LogP contribution is 2.33. The quantitative estimate of drug-likeness (QED) is 0.818. The molecule has 1 aliphatic carbocycles. The summed E-state index contributed by atoms with van der Waals surface area (Å²) >= 11 is 0. The summed E-state index contributed by atoms with van der Waals surface area (Å²) in [6, 6.07) is -0.541. The number of nitrogens with zero attached hydrogens (tertiary/aromatic N) is 1. The van der Waals surface area contributed by atoms with Gasteiger partial charge in [0.2, 0.25) is 5.91 Å². The van der Waals surface area contributed by atoms with Crippen LogP contribution in [0.4, 0.5) is 9.18 Å². The van der Waals surface area contributed by atoms with Crippen LogP contribution in [0.15, 0.2) is 0 Å². The van der Waals surface area contributed by atoms with Crippen molar-refractivity contribution >= 4 is 12.0 Å². The minimum absolute atomic E-state index is 0.0573. The lowest BCUT2D eigenvalue weighted by Gasteiger charge is -2.34. The molecule has 6 nitrogen and oxygen atoms in total. The van der Waals surface area contributed by atoms with Gasteiger partial charge in [0.1, 0.15) is 18.8 Å². The normalized spacial score (nSPS) is 37.2. The fraction of sp³-hybridized carbons (Fsp3) is 0.882. The number of amides is 2. The Morgan fingerprint density at radius 3 is 2.79 bits per heavy atom.